The molecule has 0 saturated carbocycles. The summed E-state index contributed by atoms with van der Waals surface area (Å²) in [6.07, 6.45) is -2.12. The molecule has 36 heavy (non-hydrogen) atoms. The summed E-state index contributed by atoms with van der Waals surface area (Å²) in [5, 5.41) is 8.21. The van der Waals surface area contributed by atoms with Crippen molar-refractivity contribution < 1.29 is 22.4 Å². The van der Waals surface area contributed by atoms with Gasteiger partial charge in [-0.05, 0) is 31.7 Å². The quantitative estimate of drug-likeness (QED) is 0.422. The molecule has 1 aliphatic heterocycles. The van der Waals surface area contributed by atoms with Crippen molar-refractivity contribution in [2.75, 3.05) is 32.0 Å². The molecular formula is C25H25F4N5OS. The minimum atomic E-state index is -4.68. The Balaban J connectivity index is 1.65. The van der Waals surface area contributed by atoms with Crippen molar-refractivity contribution in [2.24, 2.45) is 0 Å². The van der Waals surface area contributed by atoms with Gasteiger partial charge < -0.3 is 15.5 Å². The Hall–Kier alpha value is -3.31. The number of benzene rings is 1. The van der Waals surface area contributed by atoms with Gasteiger partial charge >= 0.3 is 6.18 Å². The summed E-state index contributed by atoms with van der Waals surface area (Å²) in [5.41, 5.74) is 1.24. The van der Waals surface area contributed by atoms with Crippen LogP contribution in [-0.2, 0) is 0 Å². The number of anilines is 1. The largest absolute Gasteiger partial charge is 0.417 e. The van der Waals surface area contributed by atoms with Gasteiger partial charge in [0.25, 0.3) is 5.91 Å². The van der Waals surface area contributed by atoms with E-state index >= 15 is 0 Å². The summed E-state index contributed by atoms with van der Waals surface area (Å²) in [4.78, 5) is 22.1. The number of hydrogen-bond donors (Lipinski definition) is 2. The van der Waals surface area contributed by atoms with E-state index in [0.29, 0.717) is 24.0 Å². The summed E-state index contributed by atoms with van der Waals surface area (Å²) < 4.78 is 55.5. The highest BCUT2D eigenvalue weighted by atomic mass is 32.1. The Bertz CT molecular complexity index is 1280. The third-order valence-electron chi connectivity index (χ3n) is 5.94. The molecule has 1 aromatic carbocycles. The lowest BCUT2D eigenvalue weighted by Crippen LogP contribution is -2.46. The second-order valence-electron chi connectivity index (χ2n) is 8.58. The van der Waals surface area contributed by atoms with E-state index in [2.05, 4.69) is 27.2 Å². The SMILES string of the molecule is C=C(c1nc(/C=C/CNC(=O)c2cscn2)cc2c(N[C@@H]3CCN(C)C[C@@H]3F)cccc12)C(F)(F)F. The number of piperidine rings is 1. The van der Waals surface area contributed by atoms with Crippen LogP contribution in [0.4, 0.5) is 23.2 Å². The molecular weight excluding hydrogens is 494 g/mol. The Morgan fingerprint density at radius 3 is 2.83 bits per heavy atom. The molecule has 2 aromatic heterocycles. The lowest BCUT2D eigenvalue weighted by Gasteiger charge is -2.33. The van der Waals surface area contributed by atoms with Crippen molar-refractivity contribution in [2.45, 2.75) is 24.8 Å². The molecule has 0 radical (unpaired) electrons. The number of carbonyl (C=O) groups is 1. The van der Waals surface area contributed by atoms with Crippen LogP contribution in [0.3, 0.4) is 0 Å². The van der Waals surface area contributed by atoms with Gasteiger partial charge in [-0.3, -0.25) is 4.79 Å². The number of pyridine rings is 1. The lowest BCUT2D eigenvalue weighted by atomic mass is 9.99. The molecule has 1 saturated heterocycles. The number of rotatable bonds is 7. The van der Waals surface area contributed by atoms with Crippen LogP contribution >= 0.6 is 11.3 Å². The first-order valence-electron chi connectivity index (χ1n) is 11.3. The third-order valence-corrected chi connectivity index (χ3v) is 6.53. The van der Waals surface area contributed by atoms with Crippen LogP contribution in [0.5, 0.6) is 0 Å². The maximum atomic E-state index is 14.7. The number of carbonyl (C=O) groups excluding carboxylic acids is 1. The molecule has 0 bridgehead atoms. The summed E-state index contributed by atoms with van der Waals surface area (Å²) in [7, 11) is 1.85. The Kier molecular flexibility index (Phi) is 7.70. The van der Waals surface area contributed by atoms with Crippen molar-refractivity contribution in [3.05, 3.63) is 64.9 Å². The summed E-state index contributed by atoms with van der Waals surface area (Å²) in [6.45, 7) is 4.36. The third kappa shape index (κ3) is 5.90. The van der Waals surface area contributed by atoms with Gasteiger partial charge in [0.2, 0.25) is 0 Å². The average Bonchev–Trinajstić information content (AvgIpc) is 3.37. The van der Waals surface area contributed by atoms with Crippen LogP contribution in [0.1, 0.15) is 28.3 Å². The van der Waals surface area contributed by atoms with Crippen LogP contribution in [0.25, 0.3) is 22.4 Å². The maximum Gasteiger partial charge on any atom is 0.417 e. The molecule has 2 N–H and O–H groups in total. The number of alkyl halides is 4. The normalized spacial score (nSPS) is 19.0. The van der Waals surface area contributed by atoms with E-state index in [1.165, 1.54) is 17.4 Å². The molecule has 4 rings (SSSR count). The van der Waals surface area contributed by atoms with Crippen LogP contribution in [0.2, 0.25) is 0 Å². The second-order valence-corrected chi connectivity index (χ2v) is 9.30. The number of thiazole rings is 1. The van der Waals surface area contributed by atoms with E-state index in [4.69, 9.17) is 0 Å². The number of nitrogens with one attached hydrogen (secondary N) is 2. The fraction of sp³-hybridized carbons (Fsp3) is 0.320. The second kappa shape index (κ2) is 10.8. The maximum absolute atomic E-state index is 14.7. The van der Waals surface area contributed by atoms with Crippen molar-refractivity contribution in [1.82, 2.24) is 20.2 Å². The van der Waals surface area contributed by atoms with Crippen molar-refractivity contribution in [3.8, 4) is 0 Å². The lowest BCUT2D eigenvalue weighted by molar-refractivity contribution is -0.0688. The monoisotopic (exact) mass is 519 g/mol. The van der Waals surface area contributed by atoms with Crippen LogP contribution in [0, 0.1) is 0 Å². The number of hydrogen-bond acceptors (Lipinski definition) is 6. The first-order valence-corrected chi connectivity index (χ1v) is 12.2. The highest BCUT2D eigenvalue weighted by Crippen LogP contribution is 2.37. The number of amides is 1. The fourth-order valence-corrected chi connectivity index (χ4v) is 4.57. The van der Waals surface area contributed by atoms with Gasteiger partial charge in [-0.15, -0.1) is 11.3 Å². The molecule has 1 amide bonds. The van der Waals surface area contributed by atoms with Gasteiger partial charge in [-0.25, -0.2) is 14.4 Å². The van der Waals surface area contributed by atoms with E-state index in [1.807, 2.05) is 11.9 Å². The molecule has 1 aliphatic rings. The van der Waals surface area contributed by atoms with Gasteiger partial charge in [0.15, 0.2) is 0 Å². The number of fused-ring (bicyclic) bond motifs is 1. The standard InChI is InChI=1S/C25H25F4N5OS/c1-15(25(27,28)29)23-17-6-3-7-20(33-21-8-10-34(2)12-19(21)26)18(17)11-16(32-23)5-4-9-30-24(35)22-13-36-14-31-22/h3-7,11,13-14,19,21,33H,1,8-10,12H2,2H3,(H,30,35)/b5-4+/t19-,21+/m0/s1. The van der Waals surface area contributed by atoms with Gasteiger partial charge in [-0.2, -0.15) is 13.2 Å². The molecule has 0 spiro atoms. The van der Waals surface area contributed by atoms with E-state index in [9.17, 15) is 22.4 Å². The first-order chi connectivity index (χ1) is 17.1. The van der Waals surface area contributed by atoms with Crippen molar-refractivity contribution >= 4 is 45.4 Å². The smallest absolute Gasteiger partial charge is 0.379 e. The zero-order valence-corrected chi connectivity index (χ0v) is 20.3. The molecule has 2 atom stereocenters. The van der Waals surface area contributed by atoms with Crippen LogP contribution in [0.15, 0.2) is 47.8 Å². The van der Waals surface area contributed by atoms with E-state index in [1.54, 1.807) is 41.2 Å². The highest BCUT2D eigenvalue weighted by molar-refractivity contribution is 7.07. The van der Waals surface area contributed by atoms with E-state index in [0.717, 1.165) is 0 Å². The number of halogens is 4. The highest BCUT2D eigenvalue weighted by Gasteiger charge is 2.35. The Labute approximate surface area is 209 Å². The number of nitrogens with zero attached hydrogens (tertiary/aromatic N) is 3. The molecule has 3 heterocycles. The predicted molar refractivity (Wildman–Crippen MR) is 135 cm³/mol. The Morgan fingerprint density at radius 1 is 1.33 bits per heavy atom. The van der Waals surface area contributed by atoms with E-state index in [-0.39, 0.29) is 41.5 Å². The first kappa shape index (κ1) is 25.8. The van der Waals surface area contributed by atoms with Crippen LogP contribution < -0.4 is 10.6 Å². The van der Waals surface area contributed by atoms with Gasteiger partial charge in [0.1, 0.15) is 11.9 Å². The predicted octanol–water partition coefficient (Wildman–Crippen LogP) is 5.16. The zero-order valence-electron chi connectivity index (χ0n) is 19.5. The van der Waals surface area contributed by atoms with Crippen LogP contribution in [-0.4, -0.2) is 65.8 Å². The van der Waals surface area contributed by atoms with Crippen molar-refractivity contribution in [1.29, 1.82) is 0 Å². The number of likely N-dealkylation sites (tertiary alicyclic amines) is 1. The van der Waals surface area contributed by atoms with E-state index < -0.39 is 24.0 Å². The van der Waals surface area contributed by atoms with Crippen molar-refractivity contribution in [3.63, 3.8) is 0 Å². The van der Waals surface area contributed by atoms with Gasteiger partial charge in [0, 0.05) is 41.5 Å². The summed E-state index contributed by atoms with van der Waals surface area (Å²) >= 11 is 1.29. The minimum Gasteiger partial charge on any atom is -0.379 e. The Morgan fingerprint density at radius 2 is 2.14 bits per heavy atom. The summed E-state index contributed by atoms with van der Waals surface area (Å²) in [5.74, 6) is -0.358. The molecule has 11 heteroatoms. The molecule has 3 aromatic rings. The topological polar surface area (TPSA) is 70.1 Å². The number of aromatic nitrogens is 2. The summed E-state index contributed by atoms with van der Waals surface area (Å²) in [6, 6.07) is 6.06. The van der Waals surface area contributed by atoms with Gasteiger partial charge in [-0.1, -0.05) is 24.8 Å². The van der Waals surface area contributed by atoms with Gasteiger partial charge in [0.05, 0.1) is 28.5 Å². The number of allylic oxidation sites excluding steroid dienone is 1. The molecule has 190 valence electrons. The molecule has 1 fully saturated rings. The average molecular weight is 520 g/mol. The molecule has 0 aliphatic carbocycles. The molecule has 0 unspecified atom stereocenters. The minimum absolute atomic E-state index is 0.130. The fourth-order valence-electron chi connectivity index (χ4n) is 4.04. The molecule has 6 nitrogen and oxygen atoms in total. The zero-order chi connectivity index (χ0) is 25.9.